The summed E-state index contributed by atoms with van der Waals surface area (Å²) >= 11 is 0. The summed E-state index contributed by atoms with van der Waals surface area (Å²) in [6.45, 7) is 11.4. The number of esters is 5. The molecule has 5 unspecified atom stereocenters. The summed E-state index contributed by atoms with van der Waals surface area (Å²) in [5, 5.41) is 12.5. The Morgan fingerprint density at radius 1 is 0.911 bits per heavy atom. The number of ether oxygens (including phenoxy) is 6. The first-order chi connectivity index (χ1) is 20.9. The number of rotatable bonds is 9. The molecule has 2 bridgehead atoms. The monoisotopic (exact) mass is 632 g/mol. The van der Waals surface area contributed by atoms with Gasteiger partial charge in [0.15, 0.2) is 11.7 Å². The Kier molecular flexibility index (Phi) is 9.43. The molecule has 3 aliphatic rings. The van der Waals surface area contributed by atoms with Crippen LogP contribution < -0.4 is 0 Å². The van der Waals surface area contributed by atoms with Crippen molar-refractivity contribution in [3.63, 3.8) is 0 Å². The van der Waals surface area contributed by atoms with Gasteiger partial charge in [0.2, 0.25) is 0 Å². The number of benzene rings is 1. The van der Waals surface area contributed by atoms with Crippen LogP contribution in [0.2, 0.25) is 0 Å². The van der Waals surface area contributed by atoms with Crippen molar-refractivity contribution in [3.05, 3.63) is 35.9 Å². The van der Waals surface area contributed by atoms with Gasteiger partial charge in [0.25, 0.3) is 0 Å². The van der Waals surface area contributed by atoms with E-state index in [2.05, 4.69) is 0 Å². The molecule has 0 amide bonds. The molecular formula is C33H44O12. The second-order valence-electron chi connectivity index (χ2n) is 13.2. The minimum Gasteiger partial charge on any atom is -0.465 e. The molecule has 3 fully saturated rings. The molecule has 45 heavy (non-hydrogen) atoms. The summed E-state index contributed by atoms with van der Waals surface area (Å²) in [5.41, 5.74) is -6.81. The van der Waals surface area contributed by atoms with Gasteiger partial charge in [-0.3, -0.25) is 19.2 Å². The second kappa shape index (κ2) is 12.4. The predicted molar refractivity (Wildman–Crippen MR) is 156 cm³/mol. The molecule has 1 aliphatic heterocycles. The molecule has 2 aliphatic carbocycles. The number of aliphatic hydroxyl groups is 1. The van der Waals surface area contributed by atoms with Crippen molar-refractivity contribution in [2.24, 2.45) is 17.3 Å². The van der Waals surface area contributed by atoms with Crippen molar-refractivity contribution in [3.8, 4) is 0 Å². The molecule has 1 aromatic carbocycles. The first kappa shape index (κ1) is 34.4. The molecule has 4 rings (SSSR count). The Balaban J connectivity index is 2.07. The highest BCUT2D eigenvalue weighted by Crippen LogP contribution is 2.69. The number of carbonyl (C=O) groups is 5. The van der Waals surface area contributed by atoms with E-state index < -0.39 is 94.9 Å². The van der Waals surface area contributed by atoms with Crippen LogP contribution in [0.1, 0.15) is 85.0 Å². The maximum absolute atomic E-state index is 13.7. The van der Waals surface area contributed by atoms with E-state index in [1.807, 2.05) is 0 Å². The molecule has 2 saturated carbocycles. The maximum atomic E-state index is 13.7. The number of hydrogen-bond donors (Lipinski definition) is 1. The number of carbonyl (C=O) groups excluding carboxylic acids is 5. The first-order valence-corrected chi connectivity index (χ1v) is 15.3. The van der Waals surface area contributed by atoms with Crippen LogP contribution in [0.25, 0.3) is 0 Å². The molecule has 1 saturated heterocycles. The van der Waals surface area contributed by atoms with Gasteiger partial charge in [-0.15, -0.1) is 0 Å². The largest absolute Gasteiger partial charge is 0.465 e. The van der Waals surface area contributed by atoms with Crippen LogP contribution in [0.4, 0.5) is 0 Å². The molecule has 0 aromatic heterocycles. The zero-order chi connectivity index (χ0) is 33.5. The Labute approximate surface area is 263 Å². The minimum atomic E-state index is -1.99. The average Bonchev–Trinajstić information content (AvgIpc) is 3.11. The normalized spacial score (nSPS) is 35.3. The summed E-state index contributed by atoms with van der Waals surface area (Å²) in [7, 11) is 0. The van der Waals surface area contributed by atoms with Crippen molar-refractivity contribution < 1.29 is 57.5 Å². The van der Waals surface area contributed by atoms with Crippen LogP contribution in [0, 0.1) is 17.3 Å². The number of hydrogen-bond acceptors (Lipinski definition) is 12. The van der Waals surface area contributed by atoms with Crippen molar-refractivity contribution in [2.45, 2.75) is 116 Å². The Morgan fingerprint density at radius 2 is 1.53 bits per heavy atom. The van der Waals surface area contributed by atoms with Crippen LogP contribution in [0.5, 0.6) is 0 Å². The van der Waals surface area contributed by atoms with Crippen molar-refractivity contribution in [1.82, 2.24) is 0 Å². The molecule has 1 heterocycles. The van der Waals surface area contributed by atoms with Gasteiger partial charge < -0.3 is 33.5 Å². The van der Waals surface area contributed by atoms with Gasteiger partial charge in [0, 0.05) is 33.1 Å². The highest BCUT2D eigenvalue weighted by atomic mass is 16.6. The highest BCUT2D eigenvalue weighted by molar-refractivity contribution is 5.89. The molecule has 9 atom stereocenters. The van der Waals surface area contributed by atoms with Crippen LogP contribution in [-0.2, 0) is 47.6 Å². The van der Waals surface area contributed by atoms with Gasteiger partial charge in [0.05, 0.1) is 22.7 Å². The molecular weight excluding hydrogens is 588 g/mol. The van der Waals surface area contributed by atoms with Gasteiger partial charge in [0.1, 0.15) is 30.3 Å². The minimum absolute atomic E-state index is 0.00715. The van der Waals surface area contributed by atoms with E-state index in [1.165, 1.54) is 27.7 Å². The van der Waals surface area contributed by atoms with E-state index in [4.69, 9.17) is 28.4 Å². The lowest BCUT2D eigenvalue weighted by molar-refractivity contribution is -0.356. The first-order valence-electron chi connectivity index (χ1n) is 15.3. The lowest BCUT2D eigenvalue weighted by Crippen LogP contribution is -2.83. The molecule has 1 spiro atoms. The molecule has 12 nitrogen and oxygen atoms in total. The quantitative estimate of drug-likeness (QED) is 0.313. The topological polar surface area (TPSA) is 161 Å². The van der Waals surface area contributed by atoms with Crippen molar-refractivity contribution >= 4 is 29.8 Å². The van der Waals surface area contributed by atoms with Gasteiger partial charge in [-0.1, -0.05) is 32.0 Å². The molecule has 0 radical (unpaired) electrons. The number of fused-ring (bicyclic) bond motifs is 1. The smallest absolute Gasteiger partial charge is 0.338 e. The van der Waals surface area contributed by atoms with Crippen LogP contribution in [-0.4, -0.2) is 82.8 Å². The van der Waals surface area contributed by atoms with E-state index >= 15 is 0 Å². The lowest BCUT2D eigenvalue weighted by atomic mass is 9.46. The fourth-order valence-corrected chi connectivity index (χ4v) is 7.62. The lowest BCUT2D eigenvalue weighted by Gasteiger charge is -2.65. The molecule has 1 aromatic rings. The third-order valence-electron chi connectivity index (χ3n) is 9.70. The van der Waals surface area contributed by atoms with E-state index in [9.17, 15) is 29.1 Å². The summed E-state index contributed by atoms with van der Waals surface area (Å²) in [6.07, 6.45) is -5.12. The second-order valence-corrected chi connectivity index (χ2v) is 13.2. The van der Waals surface area contributed by atoms with Gasteiger partial charge in [-0.05, 0) is 45.7 Å². The van der Waals surface area contributed by atoms with Crippen molar-refractivity contribution in [1.29, 1.82) is 0 Å². The molecule has 248 valence electrons. The zero-order valence-electron chi connectivity index (χ0n) is 27.1. The van der Waals surface area contributed by atoms with E-state index in [1.54, 1.807) is 58.0 Å². The maximum Gasteiger partial charge on any atom is 0.338 e. The average molecular weight is 633 g/mol. The Hall–Kier alpha value is -3.51. The van der Waals surface area contributed by atoms with E-state index in [-0.39, 0.29) is 18.4 Å². The van der Waals surface area contributed by atoms with Gasteiger partial charge >= 0.3 is 29.8 Å². The van der Waals surface area contributed by atoms with Gasteiger partial charge in [-0.25, -0.2) is 4.79 Å². The SMILES string of the molecule is CCC(C)C(=O)OC1C(OC(C)=O)C[C@](C)(O)[C@]23OC(C)(C)[C@H](CC(OC(=O)c4ccccc4)[C@]12COC(C)=O)C3OC(C)=O. The molecule has 12 heteroatoms. The summed E-state index contributed by atoms with van der Waals surface area (Å²) in [5.74, 6) is -4.75. The van der Waals surface area contributed by atoms with Crippen LogP contribution in [0.15, 0.2) is 30.3 Å². The Bertz CT molecular complexity index is 1320. The predicted octanol–water partition coefficient (Wildman–Crippen LogP) is 3.31. The van der Waals surface area contributed by atoms with Gasteiger partial charge in [-0.2, -0.15) is 0 Å². The highest BCUT2D eigenvalue weighted by Gasteiger charge is 2.86. The zero-order valence-corrected chi connectivity index (χ0v) is 27.1. The van der Waals surface area contributed by atoms with Crippen LogP contribution in [0.3, 0.4) is 0 Å². The Morgan fingerprint density at radius 3 is 2.09 bits per heavy atom. The molecule has 1 N–H and O–H groups in total. The summed E-state index contributed by atoms with van der Waals surface area (Å²) in [6, 6.07) is 8.20. The third kappa shape index (κ3) is 5.82. The standard InChI is InChI=1S/C33H44O12/c1-9-18(2)28(37)44-27-24(41-20(4)35)16-31(8,39)33-26(42-21(5)36)23(30(6,7)45-33)15-25(32(27,33)17-40-19(3)34)43-29(38)22-13-11-10-12-14-22/h10-14,18,23-27,39H,9,15-17H2,1-8H3/t18?,23-,24?,25?,26?,27?,31+,32-,33+/m1/s1. The summed E-state index contributed by atoms with van der Waals surface area (Å²) < 4.78 is 36.7. The van der Waals surface area contributed by atoms with E-state index in [0.29, 0.717) is 6.42 Å². The van der Waals surface area contributed by atoms with Crippen molar-refractivity contribution in [2.75, 3.05) is 6.61 Å². The third-order valence-corrected chi connectivity index (χ3v) is 9.70. The van der Waals surface area contributed by atoms with Crippen LogP contribution >= 0.6 is 0 Å². The fourth-order valence-electron chi connectivity index (χ4n) is 7.62. The summed E-state index contributed by atoms with van der Waals surface area (Å²) in [4.78, 5) is 64.9. The van der Waals surface area contributed by atoms with E-state index in [0.717, 1.165) is 0 Å². The fraction of sp³-hybridized carbons (Fsp3) is 0.667.